The first-order valence-electron chi connectivity index (χ1n) is 4.44. The number of aliphatic carboxylic acids is 1. The summed E-state index contributed by atoms with van der Waals surface area (Å²) in [6.07, 6.45) is -0.126. The third kappa shape index (κ3) is 1.68. The molecule has 0 radical (unpaired) electrons. The molecule has 0 bridgehead atoms. The summed E-state index contributed by atoms with van der Waals surface area (Å²) in [5, 5.41) is 9.21. The molecule has 0 aliphatic heterocycles. The summed E-state index contributed by atoms with van der Waals surface area (Å²) in [5.41, 5.74) is 1.63. The van der Waals surface area contributed by atoms with Gasteiger partial charge in [0.25, 0.3) is 0 Å². The number of carboxylic acid groups (broad SMARTS) is 1. The van der Waals surface area contributed by atoms with E-state index in [1.807, 2.05) is 19.1 Å². The van der Waals surface area contributed by atoms with Crippen molar-refractivity contribution >= 4 is 23.1 Å². The zero-order chi connectivity index (χ0) is 11.0. The summed E-state index contributed by atoms with van der Waals surface area (Å²) >= 11 is 5.99. The molecule has 2 heterocycles. The van der Waals surface area contributed by atoms with E-state index in [0.717, 1.165) is 11.2 Å². The monoisotopic (exact) mass is 224 g/mol. The van der Waals surface area contributed by atoms with Crippen LogP contribution >= 0.6 is 11.6 Å². The number of aromatic nitrogens is 2. The van der Waals surface area contributed by atoms with Gasteiger partial charge in [-0.3, -0.25) is 9.20 Å². The van der Waals surface area contributed by atoms with E-state index < -0.39 is 5.97 Å². The highest BCUT2D eigenvalue weighted by Gasteiger charge is 2.12. The Morgan fingerprint density at radius 2 is 2.33 bits per heavy atom. The molecule has 15 heavy (non-hydrogen) atoms. The van der Waals surface area contributed by atoms with E-state index in [2.05, 4.69) is 4.98 Å². The fourth-order valence-corrected chi connectivity index (χ4v) is 1.84. The highest BCUT2D eigenvalue weighted by Crippen LogP contribution is 2.18. The minimum absolute atomic E-state index is 0.126. The molecule has 0 saturated carbocycles. The van der Waals surface area contributed by atoms with Crippen LogP contribution in [0.5, 0.6) is 0 Å². The van der Waals surface area contributed by atoms with Gasteiger partial charge in [-0.1, -0.05) is 17.7 Å². The molecular formula is C10H9ClN2O2. The summed E-state index contributed by atoms with van der Waals surface area (Å²) in [4.78, 5) is 14.8. The van der Waals surface area contributed by atoms with Crippen molar-refractivity contribution in [2.75, 3.05) is 0 Å². The molecular weight excluding hydrogens is 216 g/mol. The second kappa shape index (κ2) is 3.55. The average molecular weight is 225 g/mol. The zero-order valence-electron chi connectivity index (χ0n) is 8.07. The summed E-state index contributed by atoms with van der Waals surface area (Å²) in [6, 6.07) is 5.39. The van der Waals surface area contributed by atoms with Gasteiger partial charge in [0.05, 0.1) is 11.2 Å². The smallest absolute Gasteiger partial charge is 0.311 e. The van der Waals surface area contributed by atoms with E-state index in [1.165, 1.54) is 0 Å². The second-order valence-corrected chi connectivity index (χ2v) is 3.64. The predicted molar refractivity (Wildman–Crippen MR) is 56.3 cm³/mol. The Kier molecular flexibility index (Phi) is 2.36. The van der Waals surface area contributed by atoms with Gasteiger partial charge in [0.1, 0.15) is 17.4 Å². The molecule has 5 heteroatoms. The van der Waals surface area contributed by atoms with Crippen LogP contribution < -0.4 is 0 Å². The topological polar surface area (TPSA) is 54.6 Å². The Morgan fingerprint density at radius 3 is 3.00 bits per heavy atom. The molecule has 2 aromatic heterocycles. The minimum Gasteiger partial charge on any atom is -0.481 e. The summed E-state index contributed by atoms with van der Waals surface area (Å²) in [7, 11) is 0. The summed E-state index contributed by atoms with van der Waals surface area (Å²) in [6.45, 7) is 1.83. The fraction of sp³-hybridized carbons (Fsp3) is 0.200. The van der Waals surface area contributed by atoms with Gasteiger partial charge in [0.2, 0.25) is 0 Å². The van der Waals surface area contributed by atoms with E-state index in [-0.39, 0.29) is 6.42 Å². The number of imidazole rings is 1. The summed E-state index contributed by atoms with van der Waals surface area (Å²) in [5.74, 6) is -0.456. The zero-order valence-corrected chi connectivity index (χ0v) is 8.82. The molecule has 0 fully saturated rings. The fourth-order valence-electron chi connectivity index (χ4n) is 1.58. The van der Waals surface area contributed by atoms with Gasteiger partial charge in [-0.2, -0.15) is 0 Å². The molecule has 0 amide bonds. The van der Waals surface area contributed by atoms with Crippen LogP contribution in [0.25, 0.3) is 5.52 Å². The van der Waals surface area contributed by atoms with Gasteiger partial charge >= 0.3 is 5.97 Å². The maximum absolute atomic E-state index is 10.6. The molecule has 0 spiro atoms. The Balaban J connectivity index is 2.70. The van der Waals surface area contributed by atoms with Crippen molar-refractivity contribution in [1.82, 2.24) is 9.38 Å². The van der Waals surface area contributed by atoms with E-state index in [1.54, 1.807) is 10.5 Å². The molecule has 0 saturated heterocycles. The van der Waals surface area contributed by atoms with Crippen LogP contribution in [-0.4, -0.2) is 20.5 Å². The first kappa shape index (κ1) is 9.98. The molecule has 0 aliphatic carbocycles. The number of nitrogens with zero attached hydrogens (tertiary/aromatic N) is 2. The number of rotatable bonds is 2. The third-order valence-corrected chi connectivity index (χ3v) is 2.47. The Labute approximate surface area is 91.1 Å². The van der Waals surface area contributed by atoms with Crippen molar-refractivity contribution < 1.29 is 9.90 Å². The van der Waals surface area contributed by atoms with Crippen LogP contribution in [0.15, 0.2) is 18.2 Å². The van der Waals surface area contributed by atoms with E-state index in [4.69, 9.17) is 16.7 Å². The van der Waals surface area contributed by atoms with Crippen LogP contribution in [0.3, 0.4) is 0 Å². The maximum atomic E-state index is 10.6. The number of halogens is 1. The number of hydrogen-bond acceptors (Lipinski definition) is 2. The molecule has 0 unspecified atom stereocenters. The summed E-state index contributed by atoms with van der Waals surface area (Å²) < 4.78 is 1.66. The maximum Gasteiger partial charge on any atom is 0.311 e. The SMILES string of the molecule is Cc1nc(CC(=O)O)n2c(Cl)cccc12. The third-order valence-electron chi connectivity index (χ3n) is 2.18. The van der Waals surface area contributed by atoms with Crippen LogP contribution in [-0.2, 0) is 11.2 Å². The van der Waals surface area contributed by atoms with Gasteiger partial charge in [-0.05, 0) is 19.1 Å². The van der Waals surface area contributed by atoms with E-state index in [9.17, 15) is 4.79 Å². The van der Waals surface area contributed by atoms with Gasteiger partial charge in [0.15, 0.2) is 0 Å². The Hall–Kier alpha value is -1.55. The molecule has 2 aromatic rings. The second-order valence-electron chi connectivity index (χ2n) is 3.25. The molecule has 0 aromatic carbocycles. The van der Waals surface area contributed by atoms with Crippen molar-refractivity contribution in [1.29, 1.82) is 0 Å². The van der Waals surface area contributed by atoms with Gasteiger partial charge < -0.3 is 5.11 Å². The largest absolute Gasteiger partial charge is 0.481 e. The van der Waals surface area contributed by atoms with Crippen LogP contribution in [0.4, 0.5) is 0 Å². The number of fused-ring (bicyclic) bond motifs is 1. The van der Waals surface area contributed by atoms with Crippen molar-refractivity contribution in [2.45, 2.75) is 13.3 Å². The molecule has 0 aliphatic rings. The molecule has 2 rings (SSSR count). The minimum atomic E-state index is -0.915. The van der Waals surface area contributed by atoms with Crippen molar-refractivity contribution in [3.8, 4) is 0 Å². The van der Waals surface area contributed by atoms with Gasteiger partial charge in [-0.15, -0.1) is 0 Å². The van der Waals surface area contributed by atoms with E-state index >= 15 is 0 Å². The molecule has 1 N–H and O–H groups in total. The van der Waals surface area contributed by atoms with Crippen LogP contribution in [0.2, 0.25) is 5.15 Å². The van der Waals surface area contributed by atoms with Crippen molar-refractivity contribution in [3.05, 3.63) is 34.9 Å². The number of aryl methyl sites for hydroxylation is 1. The highest BCUT2D eigenvalue weighted by atomic mass is 35.5. The predicted octanol–water partition coefficient (Wildman–Crippen LogP) is 1.92. The lowest BCUT2D eigenvalue weighted by Gasteiger charge is -2.00. The lowest BCUT2D eigenvalue weighted by molar-refractivity contribution is -0.136. The molecule has 0 atom stereocenters. The van der Waals surface area contributed by atoms with Crippen LogP contribution in [0, 0.1) is 6.92 Å². The van der Waals surface area contributed by atoms with Crippen molar-refractivity contribution in [3.63, 3.8) is 0 Å². The van der Waals surface area contributed by atoms with Gasteiger partial charge in [0, 0.05) is 0 Å². The Morgan fingerprint density at radius 1 is 1.60 bits per heavy atom. The average Bonchev–Trinajstić information content (AvgIpc) is 2.44. The lowest BCUT2D eigenvalue weighted by Crippen LogP contribution is -2.05. The highest BCUT2D eigenvalue weighted by molar-refractivity contribution is 6.29. The number of hydrogen-bond donors (Lipinski definition) is 1. The van der Waals surface area contributed by atoms with Gasteiger partial charge in [-0.25, -0.2) is 4.98 Å². The first-order valence-corrected chi connectivity index (χ1v) is 4.81. The number of pyridine rings is 1. The standard InChI is InChI=1S/C10H9ClN2O2/c1-6-7-3-2-4-8(11)13(7)9(12-6)5-10(14)15/h2-4H,5H2,1H3,(H,14,15). The normalized spacial score (nSPS) is 10.8. The lowest BCUT2D eigenvalue weighted by atomic mass is 10.3. The quantitative estimate of drug-likeness (QED) is 0.793. The number of carboxylic acids is 1. The van der Waals surface area contributed by atoms with E-state index in [0.29, 0.717) is 11.0 Å². The first-order chi connectivity index (χ1) is 7.09. The van der Waals surface area contributed by atoms with Crippen LogP contribution in [0.1, 0.15) is 11.5 Å². The molecule has 4 nitrogen and oxygen atoms in total. The molecule has 78 valence electrons. The number of carbonyl (C=O) groups is 1. The van der Waals surface area contributed by atoms with Crippen molar-refractivity contribution in [2.24, 2.45) is 0 Å². The Bertz CT molecular complexity index is 533.